The molecule has 0 spiro atoms. The maximum Gasteiger partial charge on any atom is 0.352 e. The fraction of sp³-hybridized carbons (Fsp3) is 0.333. The molecule has 1 aliphatic rings. The molecule has 0 amide bonds. The summed E-state index contributed by atoms with van der Waals surface area (Å²) in [5.41, 5.74) is 0.842. The lowest BCUT2D eigenvalue weighted by atomic mass is 10.0. The van der Waals surface area contributed by atoms with Crippen LogP contribution in [-0.2, 0) is 19.1 Å². The van der Waals surface area contributed by atoms with Crippen LogP contribution in [0.25, 0.3) is 6.08 Å². The monoisotopic (exact) mass is 354 g/mol. The lowest BCUT2D eigenvalue weighted by molar-refractivity contribution is -0.153. The van der Waals surface area contributed by atoms with E-state index in [0.717, 1.165) is 4.47 Å². The van der Waals surface area contributed by atoms with Gasteiger partial charge in [0, 0.05) is 10.0 Å². The highest BCUT2D eigenvalue weighted by atomic mass is 79.9. The largest absolute Gasteiger partial charge is 0.473 e. The van der Waals surface area contributed by atoms with Gasteiger partial charge in [0.15, 0.2) is 0 Å². The zero-order valence-electron chi connectivity index (χ0n) is 11.7. The molecule has 0 N–H and O–H groups in total. The van der Waals surface area contributed by atoms with Crippen molar-refractivity contribution in [1.29, 1.82) is 0 Å². The lowest BCUT2D eigenvalue weighted by Gasteiger charge is -2.24. The molecular formula is C15H15BrO5. The molecule has 112 valence electrons. The number of hydrogen-bond donors (Lipinski definition) is 0. The summed E-state index contributed by atoms with van der Waals surface area (Å²) in [6.45, 7) is 3.82. The topological polar surface area (TPSA) is 61.8 Å². The lowest BCUT2D eigenvalue weighted by Crippen LogP contribution is -2.36. The van der Waals surface area contributed by atoms with E-state index in [1.165, 1.54) is 0 Å². The maximum absolute atomic E-state index is 12.0. The van der Waals surface area contributed by atoms with Crippen LogP contribution in [0.2, 0.25) is 0 Å². The number of ether oxygens (including phenoxy) is 3. The van der Waals surface area contributed by atoms with Gasteiger partial charge in [-0.15, -0.1) is 0 Å². The second-order valence-electron chi connectivity index (χ2n) is 4.25. The van der Waals surface area contributed by atoms with Gasteiger partial charge in [-0.25, -0.2) is 9.59 Å². The third-order valence-electron chi connectivity index (χ3n) is 2.82. The molecule has 0 saturated carbocycles. The Kier molecular flexibility index (Phi) is 5.01. The van der Waals surface area contributed by atoms with Crippen LogP contribution >= 0.6 is 15.9 Å². The van der Waals surface area contributed by atoms with Crippen molar-refractivity contribution in [3.8, 4) is 5.75 Å². The normalized spacial score (nSPS) is 16.3. The standard InChI is InChI=1S/C15H15BrO5/c1-3-19-14(17)11-8-9-7-10(16)5-6-12(9)21-13(11)15(18)20-4-2/h5-8,13H,3-4H2,1-2H3. The SMILES string of the molecule is CCOC(=O)C1=Cc2cc(Br)ccc2OC1C(=O)OCC. The number of carbonyl (C=O) groups excluding carboxylic acids is 2. The average molecular weight is 355 g/mol. The second-order valence-corrected chi connectivity index (χ2v) is 5.17. The molecular weight excluding hydrogens is 340 g/mol. The fourth-order valence-electron chi connectivity index (χ4n) is 1.95. The van der Waals surface area contributed by atoms with E-state index in [4.69, 9.17) is 14.2 Å². The highest BCUT2D eigenvalue weighted by Crippen LogP contribution is 2.32. The third kappa shape index (κ3) is 3.44. The van der Waals surface area contributed by atoms with Gasteiger partial charge >= 0.3 is 11.9 Å². The minimum Gasteiger partial charge on any atom is -0.473 e. The molecule has 0 aliphatic carbocycles. The molecule has 1 unspecified atom stereocenters. The summed E-state index contributed by atoms with van der Waals surface area (Å²) in [5, 5.41) is 0. The molecule has 1 aromatic carbocycles. The predicted octanol–water partition coefficient (Wildman–Crippen LogP) is 2.72. The van der Waals surface area contributed by atoms with Crippen LogP contribution in [0.3, 0.4) is 0 Å². The number of carbonyl (C=O) groups is 2. The minimum atomic E-state index is -1.10. The van der Waals surface area contributed by atoms with Crippen LogP contribution < -0.4 is 4.74 Å². The van der Waals surface area contributed by atoms with E-state index in [9.17, 15) is 9.59 Å². The number of rotatable bonds is 4. The molecule has 0 aromatic heterocycles. The number of halogens is 1. The van der Waals surface area contributed by atoms with Gasteiger partial charge in [-0.1, -0.05) is 15.9 Å². The second kappa shape index (κ2) is 6.76. The summed E-state index contributed by atoms with van der Waals surface area (Å²) < 4.78 is 16.4. The van der Waals surface area contributed by atoms with Crippen molar-refractivity contribution in [2.45, 2.75) is 20.0 Å². The summed E-state index contributed by atoms with van der Waals surface area (Å²) in [5.74, 6) is -0.671. The van der Waals surface area contributed by atoms with E-state index in [1.54, 1.807) is 38.1 Å². The number of benzene rings is 1. The van der Waals surface area contributed by atoms with Crippen LogP contribution in [0.5, 0.6) is 5.75 Å². The first-order valence-electron chi connectivity index (χ1n) is 6.58. The van der Waals surface area contributed by atoms with Crippen LogP contribution in [0.15, 0.2) is 28.2 Å². The van der Waals surface area contributed by atoms with Crippen molar-refractivity contribution in [2.24, 2.45) is 0 Å². The highest BCUT2D eigenvalue weighted by Gasteiger charge is 2.35. The van der Waals surface area contributed by atoms with Crippen LogP contribution in [-0.4, -0.2) is 31.3 Å². The van der Waals surface area contributed by atoms with Crippen molar-refractivity contribution < 1.29 is 23.8 Å². The Bertz CT molecular complexity index is 594. The first-order chi connectivity index (χ1) is 10.1. The Morgan fingerprint density at radius 3 is 2.62 bits per heavy atom. The van der Waals surface area contributed by atoms with Gasteiger partial charge in [0.05, 0.1) is 18.8 Å². The molecule has 1 aliphatic heterocycles. The molecule has 6 heteroatoms. The summed E-state index contributed by atoms with van der Waals surface area (Å²) in [6.07, 6.45) is 0.501. The zero-order valence-corrected chi connectivity index (χ0v) is 13.3. The first-order valence-corrected chi connectivity index (χ1v) is 7.37. The van der Waals surface area contributed by atoms with Gasteiger partial charge in [0.2, 0.25) is 6.10 Å². The van der Waals surface area contributed by atoms with Crippen LogP contribution in [0, 0.1) is 0 Å². The average Bonchev–Trinajstić information content (AvgIpc) is 2.46. The van der Waals surface area contributed by atoms with Crippen molar-refractivity contribution in [3.05, 3.63) is 33.8 Å². The number of hydrogen-bond acceptors (Lipinski definition) is 5. The van der Waals surface area contributed by atoms with Gasteiger partial charge in [0.25, 0.3) is 0 Å². The Balaban J connectivity index is 2.41. The Labute approximate surface area is 131 Å². The molecule has 0 bridgehead atoms. The number of esters is 2. The molecule has 2 rings (SSSR count). The van der Waals surface area contributed by atoms with E-state index in [0.29, 0.717) is 11.3 Å². The quantitative estimate of drug-likeness (QED) is 0.778. The van der Waals surface area contributed by atoms with Gasteiger partial charge in [-0.05, 0) is 38.1 Å². The van der Waals surface area contributed by atoms with Crippen molar-refractivity contribution >= 4 is 33.9 Å². The summed E-state index contributed by atoms with van der Waals surface area (Å²) >= 11 is 3.35. The van der Waals surface area contributed by atoms with Crippen molar-refractivity contribution in [2.75, 3.05) is 13.2 Å². The molecule has 1 heterocycles. The maximum atomic E-state index is 12.0. The molecule has 1 aromatic rings. The number of fused-ring (bicyclic) bond motifs is 1. The third-order valence-corrected chi connectivity index (χ3v) is 3.32. The van der Waals surface area contributed by atoms with E-state index in [2.05, 4.69) is 15.9 Å². The van der Waals surface area contributed by atoms with E-state index in [-0.39, 0.29) is 18.8 Å². The summed E-state index contributed by atoms with van der Waals surface area (Å²) in [4.78, 5) is 24.0. The van der Waals surface area contributed by atoms with E-state index >= 15 is 0 Å². The predicted molar refractivity (Wildman–Crippen MR) is 79.8 cm³/mol. The molecule has 0 saturated heterocycles. The minimum absolute atomic E-state index is 0.140. The van der Waals surface area contributed by atoms with Crippen LogP contribution in [0.4, 0.5) is 0 Å². The van der Waals surface area contributed by atoms with Gasteiger partial charge in [0.1, 0.15) is 5.75 Å². The van der Waals surface area contributed by atoms with E-state index < -0.39 is 18.0 Å². The Morgan fingerprint density at radius 1 is 1.24 bits per heavy atom. The Hall–Kier alpha value is -1.82. The Morgan fingerprint density at radius 2 is 1.95 bits per heavy atom. The summed E-state index contributed by atoms with van der Waals surface area (Å²) in [6, 6.07) is 5.32. The summed E-state index contributed by atoms with van der Waals surface area (Å²) in [7, 11) is 0. The van der Waals surface area contributed by atoms with E-state index in [1.807, 2.05) is 0 Å². The van der Waals surface area contributed by atoms with Crippen molar-refractivity contribution in [1.82, 2.24) is 0 Å². The highest BCUT2D eigenvalue weighted by molar-refractivity contribution is 9.10. The molecule has 5 nitrogen and oxygen atoms in total. The fourth-order valence-corrected chi connectivity index (χ4v) is 2.33. The van der Waals surface area contributed by atoms with Gasteiger partial charge in [-0.3, -0.25) is 0 Å². The van der Waals surface area contributed by atoms with Gasteiger partial charge < -0.3 is 14.2 Å². The van der Waals surface area contributed by atoms with Crippen LogP contribution in [0.1, 0.15) is 19.4 Å². The molecule has 0 radical (unpaired) electrons. The zero-order chi connectivity index (χ0) is 15.4. The van der Waals surface area contributed by atoms with Gasteiger partial charge in [-0.2, -0.15) is 0 Å². The molecule has 1 atom stereocenters. The van der Waals surface area contributed by atoms with Crippen molar-refractivity contribution in [3.63, 3.8) is 0 Å². The molecule has 0 fully saturated rings. The molecule has 21 heavy (non-hydrogen) atoms. The first kappa shape index (κ1) is 15.6. The smallest absolute Gasteiger partial charge is 0.352 e.